The summed E-state index contributed by atoms with van der Waals surface area (Å²) in [5.74, 6) is 0. The van der Waals surface area contributed by atoms with E-state index in [2.05, 4.69) is 21.2 Å². The fourth-order valence-corrected chi connectivity index (χ4v) is 3.45. The SMILES string of the molecule is O=C(OCc1ccccc1)N1CCC(Nc2ccc([N+](=O)[O-])cc2Br)CC1. The molecule has 0 aliphatic carbocycles. The molecule has 1 fully saturated rings. The first kappa shape index (κ1) is 19.2. The van der Waals surface area contributed by atoms with E-state index in [1.165, 1.54) is 12.1 Å². The van der Waals surface area contributed by atoms with E-state index in [-0.39, 0.29) is 24.4 Å². The summed E-state index contributed by atoms with van der Waals surface area (Å²) in [6.07, 6.45) is 1.27. The lowest BCUT2D eigenvalue weighted by Gasteiger charge is -2.32. The molecule has 1 saturated heterocycles. The van der Waals surface area contributed by atoms with Crippen LogP contribution in [-0.2, 0) is 11.3 Å². The molecule has 0 aromatic heterocycles. The molecule has 0 bridgehead atoms. The van der Waals surface area contributed by atoms with Crippen molar-refractivity contribution in [1.82, 2.24) is 4.90 Å². The van der Waals surface area contributed by atoms with Gasteiger partial charge in [0.05, 0.1) is 4.92 Å². The summed E-state index contributed by atoms with van der Waals surface area (Å²) >= 11 is 3.37. The molecule has 0 saturated carbocycles. The molecule has 3 rings (SSSR count). The summed E-state index contributed by atoms with van der Waals surface area (Å²) in [7, 11) is 0. The summed E-state index contributed by atoms with van der Waals surface area (Å²) in [5, 5.41) is 14.2. The minimum atomic E-state index is -0.423. The summed E-state index contributed by atoms with van der Waals surface area (Å²) in [6.45, 7) is 1.49. The zero-order valence-corrected chi connectivity index (χ0v) is 16.2. The molecule has 2 aromatic rings. The number of nitro benzene ring substituents is 1. The van der Waals surface area contributed by atoms with Crippen LogP contribution in [0.15, 0.2) is 53.0 Å². The van der Waals surface area contributed by atoms with Gasteiger partial charge < -0.3 is 15.0 Å². The third kappa shape index (κ3) is 5.19. The molecule has 1 aliphatic rings. The van der Waals surface area contributed by atoms with Crippen LogP contribution in [0.5, 0.6) is 0 Å². The lowest BCUT2D eigenvalue weighted by Crippen LogP contribution is -2.42. The smallest absolute Gasteiger partial charge is 0.410 e. The van der Waals surface area contributed by atoms with Crippen molar-refractivity contribution in [2.75, 3.05) is 18.4 Å². The number of rotatable bonds is 5. The van der Waals surface area contributed by atoms with Crippen molar-refractivity contribution < 1.29 is 14.5 Å². The van der Waals surface area contributed by atoms with Crippen LogP contribution < -0.4 is 5.32 Å². The van der Waals surface area contributed by atoms with Crippen LogP contribution in [-0.4, -0.2) is 35.0 Å². The molecule has 27 heavy (non-hydrogen) atoms. The zero-order valence-electron chi connectivity index (χ0n) is 14.6. The summed E-state index contributed by atoms with van der Waals surface area (Å²) in [6, 6.07) is 14.4. The van der Waals surface area contributed by atoms with E-state index >= 15 is 0 Å². The highest BCUT2D eigenvalue weighted by atomic mass is 79.9. The maximum absolute atomic E-state index is 12.2. The first-order valence-electron chi connectivity index (χ1n) is 8.69. The third-order valence-corrected chi connectivity index (χ3v) is 5.14. The normalized spacial score (nSPS) is 14.6. The third-order valence-electron chi connectivity index (χ3n) is 4.48. The number of carbonyl (C=O) groups is 1. The van der Waals surface area contributed by atoms with Gasteiger partial charge >= 0.3 is 6.09 Å². The largest absolute Gasteiger partial charge is 0.445 e. The van der Waals surface area contributed by atoms with Crippen molar-refractivity contribution in [2.45, 2.75) is 25.5 Å². The van der Waals surface area contributed by atoms with Gasteiger partial charge in [0.1, 0.15) is 6.61 Å². The predicted octanol–water partition coefficient (Wildman–Crippen LogP) is 4.57. The topological polar surface area (TPSA) is 84.7 Å². The number of piperidine rings is 1. The van der Waals surface area contributed by atoms with Crippen LogP contribution >= 0.6 is 15.9 Å². The van der Waals surface area contributed by atoms with E-state index in [1.54, 1.807) is 11.0 Å². The van der Waals surface area contributed by atoms with Gasteiger partial charge in [-0.1, -0.05) is 30.3 Å². The molecule has 8 heteroatoms. The lowest BCUT2D eigenvalue weighted by atomic mass is 10.0. The second-order valence-corrected chi connectivity index (χ2v) is 7.22. The number of nitrogens with zero attached hydrogens (tertiary/aromatic N) is 2. The van der Waals surface area contributed by atoms with E-state index in [0.29, 0.717) is 17.6 Å². The van der Waals surface area contributed by atoms with Crippen molar-refractivity contribution in [3.8, 4) is 0 Å². The molecular formula is C19H20BrN3O4. The van der Waals surface area contributed by atoms with Gasteiger partial charge in [-0.3, -0.25) is 10.1 Å². The predicted molar refractivity (Wildman–Crippen MR) is 106 cm³/mol. The average Bonchev–Trinajstić information content (AvgIpc) is 2.69. The molecule has 2 aromatic carbocycles. The Labute approximate surface area is 165 Å². The first-order chi connectivity index (χ1) is 13.0. The number of nitrogens with one attached hydrogen (secondary N) is 1. The Balaban J connectivity index is 1.47. The van der Waals surface area contributed by atoms with Gasteiger partial charge in [-0.25, -0.2) is 4.79 Å². The highest BCUT2D eigenvalue weighted by molar-refractivity contribution is 9.10. The van der Waals surface area contributed by atoms with Crippen LogP contribution in [0.3, 0.4) is 0 Å². The standard InChI is InChI=1S/C19H20BrN3O4/c20-17-12-16(23(25)26)6-7-18(17)21-15-8-10-22(11-9-15)19(24)27-13-14-4-2-1-3-5-14/h1-7,12,15,21H,8-11,13H2. The molecule has 0 unspecified atom stereocenters. The zero-order chi connectivity index (χ0) is 19.2. The number of likely N-dealkylation sites (tertiary alicyclic amines) is 1. The Morgan fingerprint density at radius 2 is 1.93 bits per heavy atom. The second kappa shape index (κ2) is 8.85. The number of halogens is 1. The Morgan fingerprint density at radius 1 is 1.22 bits per heavy atom. The maximum Gasteiger partial charge on any atom is 0.410 e. The Kier molecular flexibility index (Phi) is 6.28. The number of benzene rings is 2. The van der Waals surface area contributed by atoms with Gasteiger partial charge in [-0.15, -0.1) is 0 Å². The molecule has 0 spiro atoms. The highest BCUT2D eigenvalue weighted by Gasteiger charge is 2.24. The van der Waals surface area contributed by atoms with Crippen molar-refractivity contribution in [3.63, 3.8) is 0 Å². The van der Waals surface area contributed by atoms with Gasteiger partial charge in [0.25, 0.3) is 5.69 Å². The van der Waals surface area contributed by atoms with Crippen LogP contribution in [0.1, 0.15) is 18.4 Å². The van der Waals surface area contributed by atoms with Gasteiger partial charge in [0, 0.05) is 41.4 Å². The van der Waals surface area contributed by atoms with Crippen LogP contribution in [0.25, 0.3) is 0 Å². The second-order valence-electron chi connectivity index (χ2n) is 6.37. The molecular weight excluding hydrogens is 414 g/mol. The monoisotopic (exact) mass is 433 g/mol. The molecule has 7 nitrogen and oxygen atoms in total. The minimum Gasteiger partial charge on any atom is -0.445 e. The number of nitro groups is 1. The molecule has 0 atom stereocenters. The molecule has 1 amide bonds. The number of non-ortho nitro benzene ring substituents is 1. The lowest BCUT2D eigenvalue weighted by molar-refractivity contribution is -0.384. The number of hydrogen-bond acceptors (Lipinski definition) is 5. The van der Waals surface area contributed by atoms with Gasteiger partial charge in [0.2, 0.25) is 0 Å². The van der Waals surface area contributed by atoms with E-state index in [4.69, 9.17) is 4.74 Å². The van der Waals surface area contributed by atoms with Crippen molar-refractivity contribution in [2.24, 2.45) is 0 Å². The quantitative estimate of drug-likeness (QED) is 0.551. The Bertz CT molecular complexity index is 808. The molecule has 0 radical (unpaired) electrons. The van der Waals surface area contributed by atoms with Crippen LogP contribution in [0, 0.1) is 10.1 Å². The Morgan fingerprint density at radius 3 is 2.56 bits per heavy atom. The van der Waals surface area contributed by atoms with Crippen LogP contribution in [0.4, 0.5) is 16.2 Å². The molecule has 1 heterocycles. The van der Waals surface area contributed by atoms with Crippen molar-refractivity contribution in [1.29, 1.82) is 0 Å². The Hall–Kier alpha value is -2.61. The summed E-state index contributed by atoms with van der Waals surface area (Å²) < 4.78 is 6.03. The van der Waals surface area contributed by atoms with Gasteiger partial charge in [-0.05, 0) is 40.4 Å². The molecule has 142 valence electrons. The number of amides is 1. The van der Waals surface area contributed by atoms with E-state index < -0.39 is 4.92 Å². The number of hydrogen-bond donors (Lipinski definition) is 1. The van der Waals surface area contributed by atoms with Crippen LogP contribution in [0.2, 0.25) is 0 Å². The maximum atomic E-state index is 12.2. The fourth-order valence-electron chi connectivity index (χ4n) is 2.97. The van der Waals surface area contributed by atoms with Crippen molar-refractivity contribution >= 4 is 33.4 Å². The van der Waals surface area contributed by atoms with E-state index in [0.717, 1.165) is 24.1 Å². The number of anilines is 1. The first-order valence-corrected chi connectivity index (χ1v) is 9.48. The van der Waals surface area contributed by atoms with Gasteiger partial charge in [-0.2, -0.15) is 0 Å². The van der Waals surface area contributed by atoms with E-state index in [1.807, 2.05) is 30.3 Å². The van der Waals surface area contributed by atoms with Crippen molar-refractivity contribution in [3.05, 3.63) is 68.7 Å². The molecule has 1 N–H and O–H groups in total. The molecule has 1 aliphatic heterocycles. The van der Waals surface area contributed by atoms with E-state index in [9.17, 15) is 14.9 Å². The summed E-state index contributed by atoms with van der Waals surface area (Å²) in [5.41, 5.74) is 1.82. The number of ether oxygens (including phenoxy) is 1. The number of carbonyl (C=O) groups excluding carboxylic acids is 1. The average molecular weight is 434 g/mol. The summed E-state index contributed by atoms with van der Waals surface area (Å²) in [4.78, 5) is 24.3. The fraction of sp³-hybridized carbons (Fsp3) is 0.316. The highest BCUT2D eigenvalue weighted by Crippen LogP contribution is 2.29. The minimum absolute atomic E-state index is 0.0448. The van der Waals surface area contributed by atoms with Gasteiger partial charge in [0.15, 0.2) is 0 Å².